The minimum Gasteiger partial charge on any atom is -0.0885 e. The van der Waals surface area contributed by atoms with E-state index in [1.165, 1.54) is 109 Å². The van der Waals surface area contributed by atoms with E-state index in [4.69, 9.17) is 0 Å². The molecule has 0 saturated carbocycles. The smallest absolute Gasteiger partial charge is 0.0207 e. The van der Waals surface area contributed by atoms with Gasteiger partial charge in [0.25, 0.3) is 0 Å². The van der Waals surface area contributed by atoms with Gasteiger partial charge in [-0.25, -0.2) is 0 Å². The maximum absolute atomic E-state index is 2.42. The molecule has 6 aliphatic carbocycles. The summed E-state index contributed by atoms with van der Waals surface area (Å²) in [7, 11) is 0. The van der Waals surface area contributed by atoms with Gasteiger partial charge in [0.05, 0.1) is 0 Å². The average molecular weight is 703 g/mol. The van der Waals surface area contributed by atoms with Crippen LogP contribution in [-0.4, -0.2) is 0 Å². The molecule has 51 heavy (non-hydrogen) atoms. The molecular formula is C51H90. The van der Waals surface area contributed by atoms with E-state index in [1.807, 2.05) is 0 Å². The van der Waals surface area contributed by atoms with Gasteiger partial charge in [0.15, 0.2) is 0 Å². The summed E-state index contributed by atoms with van der Waals surface area (Å²) in [6, 6.07) is 0. The van der Waals surface area contributed by atoms with Gasteiger partial charge in [-0.1, -0.05) is 155 Å². The second kappa shape index (κ2) is 28.9. The zero-order valence-electron chi connectivity index (χ0n) is 36.6. The van der Waals surface area contributed by atoms with Gasteiger partial charge in [0.1, 0.15) is 0 Å². The second-order valence-corrected chi connectivity index (χ2v) is 18.4. The standard InChI is InChI=1S/3C9H16.3C8H14/c3*1-8(2)9-6-4-3-5-7-9;3*1-7(2)8-5-3-4-6-8/h6,8H,3-5,7H2,1-2H3;4,6,8-9H,3,5,7H2,1-2H3;3-4,8-9H,5-7H2,1-2H3;5,7H,3-4,6H2,1-2H3;3,5,7-8H,4,6H2,1-2H3;3-4,7-8H,5-6H2,1-2H3. The van der Waals surface area contributed by atoms with Crippen molar-refractivity contribution in [1.29, 1.82) is 0 Å². The lowest BCUT2D eigenvalue weighted by Crippen LogP contribution is -2.09. The summed E-state index contributed by atoms with van der Waals surface area (Å²) in [5.41, 5.74) is 3.35. The summed E-state index contributed by atoms with van der Waals surface area (Å²) < 4.78 is 0. The number of hydrogen-bond acceptors (Lipinski definition) is 0. The highest BCUT2D eigenvalue weighted by atomic mass is 14.2. The lowest BCUT2D eigenvalue weighted by molar-refractivity contribution is 0.356. The molecular weight excluding hydrogens is 613 g/mol. The molecule has 0 heterocycles. The molecule has 0 radical (unpaired) electrons. The molecule has 0 fully saturated rings. The summed E-state index contributed by atoms with van der Waals surface area (Å²) in [5, 5.41) is 0. The lowest BCUT2D eigenvalue weighted by Gasteiger charge is -2.20. The van der Waals surface area contributed by atoms with Crippen molar-refractivity contribution in [3.05, 3.63) is 71.9 Å². The highest BCUT2D eigenvalue weighted by Gasteiger charge is 2.14. The van der Waals surface area contributed by atoms with Gasteiger partial charge in [-0.3, -0.25) is 0 Å². The SMILES string of the molecule is CC(C)C1=CCCC1.CC(C)C1=CCCCC1.CC(C)C1C=CCC1.CC(C)C1C=CCCC1.CC(C)C1CC=CC1.CC(C)C1CC=CCC1. The van der Waals surface area contributed by atoms with Crippen LogP contribution in [0.15, 0.2) is 71.9 Å². The lowest BCUT2D eigenvalue weighted by atomic mass is 9.85. The molecule has 0 amide bonds. The number of hydrogen-bond donors (Lipinski definition) is 0. The molecule has 0 saturated heterocycles. The predicted octanol–water partition coefficient (Wildman–Crippen LogP) is 17.1. The molecule has 0 aliphatic heterocycles. The quantitative estimate of drug-likeness (QED) is 0.242. The van der Waals surface area contributed by atoms with Gasteiger partial charge >= 0.3 is 0 Å². The van der Waals surface area contributed by atoms with Crippen LogP contribution in [0.4, 0.5) is 0 Å². The molecule has 0 aromatic carbocycles. The normalized spacial score (nSPS) is 23.8. The Balaban J connectivity index is 0.000000306. The van der Waals surface area contributed by atoms with Crippen LogP contribution < -0.4 is 0 Å². The maximum atomic E-state index is 2.42. The fraction of sp³-hybridized carbons (Fsp3) is 0.765. The number of rotatable bonds is 6. The molecule has 0 N–H and O–H groups in total. The van der Waals surface area contributed by atoms with Crippen molar-refractivity contribution in [3.8, 4) is 0 Å². The van der Waals surface area contributed by atoms with Crippen LogP contribution in [0.25, 0.3) is 0 Å². The van der Waals surface area contributed by atoms with E-state index < -0.39 is 0 Å². The van der Waals surface area contributed by atoms with Crippen molar-refractivity contribution in [2.45, 2.75) is 192 Å². The first-order chi connectivity index (χ1) is 24.3. The Hall–Kier alpha value is -1.56. The molecule has 3 unspecified atom stereocenters. The topological polar surface area (TPSA) is 0 Å². The van der Waals surface area contributed by atoms with Crippen LogP contribution >= 0.6 is 0 Å². The number of allylic oxidation sites excluding steroid dienone is 12. The zero-order valence-corrected chi connectivity index (χ0v) is 36.6. The molecule has 0 spiro atoms. The van der Waals surface area contributed by atoms with Crippen LogP contribution in [0.1, 0.15) is 192 Å². The van der Waals surface area contributed by atoms with Crippen molar-refractivity contribution >= 4 is 0 Å². The third-order valence-corrected chi connectivity index (χ3v) is 12.2. The van der Waals surface area contributed by atoms with Crippen LogP contribution in [0.2, 0.25) is 0 Å². The van der Waals surface area contributed by atoms with Gasteiger partial charge in [-0.05, 0) is 168 Å². The third kappa shape index (κ3) is 23.0. The van der Waals surface area contributed by atoms with E-state index in [0.29, 0.717) is 0 Å². The molecule has 294 valence electrons. The van der Waals surface area contributed by atoms with Gasteiger partial charge in [-0.15, -0.1) is 0 Å². The van der Waals surface area contributed by atoms with Gasteiger partial charge in [-0.2, -0.15) is 0 Å². The molecule has 3 atom stereocenters. The fourth-order valence-corrected chi connectivity index (χ4v) is 7.82. The Morgan fingerprint density at radius 3 is 1.16 bits per heavy atom. The van der Waals surface area contributed by atoms with Crippen molar-refractivity contribution in [3.63, 3.8) is 0 Å². The van der Waals surface area contributed by atoms with E-state index in [-0.39, 0.29) is 0 Å². The first-order valence-electron chi connectivity index (χ1n) is 22.3. The summed E-state index contributed by atoms with van der Waals surface area (Å²) in [4.78, 5) is 0. The van der Waals surface area contributed by atoms with Crippen LogP contribution in [0.5, 0.6) is 0 Å². The third-order valence-electron chi connectivity index (χ3n) is 12.2. The highest BCUT2D eigenvalue weighted by Crippen LogP contribution is 2.27. The average Bonchev–Trinajstić information content (AvgIpc) is 3.96. The van der Waals surface area contributed by atoms with Crippen molar-refractivity contribution in [2.24, 2.45) is 59.2 Å². The molecule has 0 bridgehead atoms. The summed E-state index contributed by atoms with van der Waals surface area (Å²) in [6.45, 7) is 27.6. The Labute approximate surface area is 322 Å². The van der Waals surface area contributed by atoms with E-state index in [0.717, 1.165) is 59.2 Å². The highest BCUT2D eigenvalue weighted by molar-refractivity contribution is 5.09. The summed E-state index contributed by atoms with van der Waals surface area (Å²) in [5.74, 6) is 8.75. The monoisotopic (exact) mass is 703 g/mol. The summed E-state index contributed by atoms with van der Waals surface area (Å²) in [6.07, 6.45) is 46.5. The Morgan fingerprint density at radius 1 is 0.392 bits per heavy atom. The van der Waals surface area contributed by atoms with Crippen molar-refractivity contribution in [2.75, 3.05) is 0 Å². The molecule has 0 nitrogen and oxygen atoms in total. The van der Waals surface area contributed by atoms with Crippen molar-refractivity contribution < 1.29 is 0 Å². The minimum absolute atomic E-state index is 0.797. The van der Waals surface area contributed by atoms with Crippen LogP contribution in [0.3, 0.4) is 0 Å². The van der Waals surface area contributed by atoms with E-state index >= 15 is 0 Å². The molecule has 0 aromatic rings. The second-order valence-electron chi connectivity index (χ2n) is 18.4. The molecule has 6 rings (SSSR count). The zero-order chi connectivity index (χ0) is 38.0. The molecule has 6 aliphatic rings. The first kappa shape index (κ1) is 47.5. The Bertz CT molecular complexity index is 1010. The van der Waals surface area contributed by atoms with E-state index in [2.05, 4.69) is 144 Å². The fourth-order valence-electron chi connectivity index (χ4n) is 7.82. The van der Waals surface area contributed by atoms with Gasteiger partial charge < -0.3 is 0 Å². The van der Waals surface area contributed by atoms with Gasteiger partial charge in [0.2, 0.25) is 0 Å². The van der Waals surface area contributed by atoms with E-state index in [1.54, 1.807) is 11.1 Å². The summed E-state index contributed by atoms with van der Waals surface area (Å²) >= 11 is 0. The van der Waals surface area contributed by atoms with Crippen LogP contribution in [0, 0.1) is 59.2 Å². The van der Waals surface area contributed by atoms with E-state index in [9.17, 15) is 0 Å². The van der Waals surface area contributed by atoms with Gasteiger partial charge in [0, 0.05) is 0 Å². The Morgan fingerprint density at radius 2 is 0.863 bits per heavy atom. The van der Waals surface area contributed by atoms with Crippen LogP contribution in [-0.2, 0) is 0 Å². The van der Waals surface area contributed by atoms with Crippen molar-refractivity contribution in [1.82, 2.24) is 0 Å². The first-order valence-corrected chi connectivity index (χ1v) is 22.3. The molecule has 0 heteroatoms. The maximum Gasteiger partial charge on any atom is -0.0207 e. The molecule has 0 aromatic heterocycles. The predicted molar refractivity (Wildman–Crippen MR) is 234 cm³/mol. The Kier molecular flexibility index (Phi) is 26.9. The minimum atomic E-state index is 0.797. The largest absolute Gasteiger partial charge is 0.0885 e.